The van der Waals surface area contributed by atoms with E-state index in [2.05, 4.69) is 10.4 Å². The van der Waals surface area contributed by atoms with Gasteiger partial charge in [0.1, 0.15) is 6.04 Å². The van der Waals surface area contributed by atoms with Crippen LogP contribution in [0.3, 0.4) is 0 Å². The Morgan fingerprint density at radius 2 is 1.73 bits per heavy atom. The molecular formula is C22H24N4O3S. The minimum Gasteiger partial charge on any atom is -0.354 e. The first-order valence-electron chi connectivity index (χ1n) is 10.0. The molecule has 8 heteroatoms. The molecule has 1 atom stereocenters. The lowest BCUT2D eigenvalue weighted by Gasteiger charge is -2.23. The molecule has 0 saturated carbocycles. The second-order valence-corrected chi connectivity index (χ2v) is 9.11. The first kappa shape index (κ1) is 20.3. The fraction of sp³-hybridized carbons (Fsp3) is 0.273. The van der Waals surface area contributed by atoms with Crippen LogP contribution in [0.2, 0.25) is 0 Å². The molecule has 0 radical (unpaired) electrons. The number of amides is 1. The third-order valence-electron chi connectivity index (χ3n) is 5.20. The average molecular weight is 425 g/mol. The number of rotatable bonds is 7. The number of aromatic nitrogens is 2. The predicted octanol–water partition coefficient (Wildman–Crippen LogP) is 2.38. The molecule has 1 fully saturated rings. The van der Waals surface area contributed by atoms with Crippen LogP contribution in [0.1, 0.15) is 18.5 Å². The number of sulfonamides is 1. The maximum absolute atomic E-state index is 12.9. The van der Waals surface area contributed by atoms with Gasteiger partial charge in [-0.05, 0) is 43.2 Å². The van der Waals surface area contributed by atoms with Gasteiger partial charge in [-0.2, -0.15) is 9.40 Å². The van der Waals surface area contributed by atoms with Crippen LogP contribution in [0.25, 0.3) is 5.69 Å². The summed E-state index contributed by atoms with van der Waals surface area (Å²) in [4.78, 5) is 12.9. The maximum atomic E-state index is 12.9. The molecule has 1 N–H and O–H groups in total. The number of nitrogens with zero attached hydrogens (tertiary/aromatic N) is 3. The summed E-state index contributed by atoms with van der Waals surface area (Å²) in [5.74, 6) is -0.255. The zero-order valence-corrected chi connectivity index (χ0v) is 17.3. The summed E-state index contributed by atoms with van der Waals surface area (Å²) in [6.45, 7) is 0.761. The minimum atomic E-state index is -3.68. The Morgan fingerprint density at radius 3 is 2.47 bits per heavy atom. The van der Waals surface area contributed by atoms with Crippen LogP contribution < -0.4 is 5.32 Å². The third kappa shape index (κ3) is 4.29. The SMILES string of the molecule is O=C(NCCc1ccn(-c2ccccc2)n1)C1CCCN1S(=O)(=O)c1ccccc1. The van der Waals surface area contributed by atoms with Crippen LogP contribution in [0.5, 0.6) is 0 Å². The van der Waals surface area contributed by atoms with Crippen molar-refractivity contribution in [3.8, 4) is 5.69 Å². The van der Waals surface area contributed by atoms with Crippen molar-refractivity contribution in [3.63, 3.8) is 0 Å². The second-order valence-electron chi connectivity index (χ2n) is 7.22. The molecule has 1 aromatic heterocycles. The van der Waals surface area contributed by atoms with Crippen molar-refractivity contribution in [2.45, 2.75) is 30.2 Å². The summed E-state index contributed by atoms with van der Waals surface area (Å²) in [7, 11) is -3.68. The Hall–Kier alpha value is -2.97. The van der Waals surface area contributed by atoms with Gasteiger partial charge >= 0.3 is 0 Å². The van der Waals surface area contributed by atoms with E-state index in [1.165, 1.54) is 4.31 Å². The zero-order chi connectivity index (χ0) is 21.0. The highest BCUT2D eigenvalue weighted by atomic mass is 32.2. The number of para-hydroxylation sites is 1. The molecule has 1 aliphatic heterocycles. The minimum absolute atomic E-state index is 0.219. The number of hydrogen-bond donors (Lipinski definition) is 1. The van der Waals surface area contributed by atoms with Gasteiger partial charge in [0.25, 0.3) is 0 Å². The smallest absolute Gasteiger partial charge is 0.243 e. The number of carbonyl (C=O) groups excluding carboxylic acids is 1. The van der Waals surface area contributed by atoms with Gasteiger partial charge in [0.2, 0.25) is 15.9 Å². The van der Waals surface area contributed by atoms with Crippen molar-refractivity contribution >= 4 is 15.9 Å². The second kappa shape index (κ2) is 8.81. The lowest BCUT2D eigenvalue weighted by atomic mass is 10.2. The molecular weight excluding hydrogens is 400 g/mol. The van der Waals surface area contributed by atoms with Crippen molar-refractivity contribution < 1.29 is 13.2 Å². The van der Waals surface area contributed by atoms with E-state index < -0.39 is 16.1 Å². The van der Waals surface area contributed by atoms with Crippen LogP contribution >= 0.6 is 0 Å². The van der Waals surface area contributed by atoms with Gasteiger partial charge in [-0.25, -0.2) is 13.1 Å². The van der Waals surface area contributed by atoms with Crippen molar-refractivity contribution in [1.29, 1.82) is 0 Å². The van der Waals surface area contributed by atoms with E-state index >= 15 is 0 Å². The van der Waals surface area contributed by atoms with E-state index in [4.69, 9.17) is 0 Å². The van der Waals surface area contributed by atoms with Crippen molar-refractivity contribution in [2.24, 2.45) is 0 Å². The summed E-state index contributed by atoms with van der Waals surface area (Å²) >= 11 is 0. The summed E-state index contributed by atoms with van der Waals surface area (Å²) in [6.07, 6.45) is 3.66. The number of carbonyl (C=O) groups is 1. The fourth-order valence-electron chi connectivity index (χ4n) is 3.67. The topological polar surface area (TPSA) is 84.3 Å². The summed E-state index contributed by atoms with van der Waals surface area (Å²) in [6, 6.07) is 19.3. The molecule has 1 amide bonds. The van der Waals surface area contributed by atoms with Gasteiger partial charge in [0, 0.05) is 25.7 Å². The van der Waals surface area contributed by atoms with Crippen molar-refractivity contribution in [2.75, 3.05) is 13.1 Å². The Labute approximate surface area is 176 Å². The van der Waals surface area contributed by atoms with E-state index in [-0.39, 0.29) is 10.8 Å². The Morgan fingerprint density at radius 1 is 1.03 bits per heavy atom. The molecule has 2 heterocycles. The molecule has 0 spiro atoms. The molecule has 0 aliphatic carbocycles. The average Bonchev–Trinajstić information content (AvgIpc) is 3.45. The van der Waals surface area contributed by atoms with Gasteiger partial charge in [-0.15, -0.1) is 0 Å². The van der Waals surface area contributed by atoms with E-state index in [9.17, 15) is 13.2 Å². The molecule has 1 aliphatic rings. The lowest BCUT2D eigenvalue weighted by molar-refractivity contribution is -0.124. The van der Waals surface area contributed by atoms with E-state index in [0.717, 1.165) is 11.4 Å². The number of hydrogen-bond acceptors (Lipinski definition) is 4. The predicted molar refractivity (Wildman–Crippen MR) is 114 cm³/mol. The molecule has 156 valence electrons. The molecule has 3 aromatic rings. The Bertz CT molecular complexity index is 1100. The number of nitrogens with one attached hydrogen (secondary N) is 1. The van der Waals surface area contributed by atoms with Crippen LogP contribution in [-0.2, 0) is 21.2 Å². The van der Waals surface area contributed by atoms with Crippen molar-refractivity contribution in [3.05, 3.63) is 78.6 Å². The molecule has 4 rings (SSSR count). The summed E-state index contributed by atoms with van der Waals surface area (Å²) in [5.41, 5.74) is 1.83. The van der Waals surface area contributed by atoms with Crippen LogP contribution in [0.4, 0.5) is 0 Å². The van der Waals surface area contributed by atoms with Crippen LogP contribution in [0.15, 0.2) is 77.8 Å². The third-order valence-corrected chi connectivity index (χ3v) is 7.12. The van der Waals surface area contributed by atoms with Crippen LogP contribution in [-0.4, -0.2) is 47.5 Å². The Balaban J connectivity index is 1.35. The molecule has 1 unspecified atom stereocenters. The maximum Gasteiger partial charge on any atom is 0.243 e. The first-order valence-corrected chi connectivity index (χ1v) is 11.4. The monoisotopic (exact) mass is 424 g/mol. The standard InChI is InChI=1S/C22H24N4O3S/c27-22(21-12-7-16-26(21)30(28,29)20-10-5-2-6-11-20)23-15-13-18-14-17-25(24-18)19-8-3-1-4-9-19/h1-6,8-11,14,17,21H,7,12-13,15-16H2,(H,23,27). The Kier molecular flexibility index (Phi) is 5.96. The van der Waals surface area contributed by atoms with Crippen molar-refractivity contribution in [1.82, 2.24) is 19.4 Å². The van der Waals surface area contributed by atoms with Gasteiger partial charge in [-0.1, -0.05) is 36.4 Å². The van der Waals surface area contributed by atoms with Gasteiger partial charge in [0.05, 0.1) is 16.3 Å². The molecule has 0 bridgehead atoms. The highest BCUT2D eigenvalue weighted by molar-refractivity contribution is 7.89. The fourth-order valence-corrected chi connectivity index (χ4v) is 5.35. The molecule has 2 aromatic carbocycles. The zero-order valence-electron chi connectivity index (χ0n) is 16.5. The van der Waals surface area contributed by atoms with E-state index in [1.54, 1.807) is 35.0 Å². The normalized spacial score (nSPS) is 17.1. The van der Waals surface area contributed by atoms with Gasteiger partial charge in [-0.3, -0.25) is 4.79 Å². The largest absolute Gasteiger partial charge is 0.354 e. The van der Waals surface area contributed by atoms with Gasteiger partial charge < -0.3 is 5.32 Å². The first-order chi connectivity index (χ1) is 14.6. The lowest BCUT2D eigenvalue weighted by Crippen LogP contribution is -2.46. The molecule has 30 heavy (non-hydrogen) atoms. The quantitative estimate of drug-likeness (QED) is 0.631. The summed E-state index contributed by atoms with van der Waals surface area (Å²) < 4.78 is 28.9. The number of benzene rings is 2. The van der Waals surface area contributed by atoms with E-state index in [0.29, 0.717) is 32.4 Å². The van der Waals surface area contributed by atoms with E-state index in [1.807, 2.05) is 42.6 Å². The van der Waals surface area contributed by atoms with Crippen LogP contribution in [0, 0.1) is 0 Å². The summed E-state index contributed by atoms with van der Waals surface area (Å²) in [5, 5.41) is 7.41. The highest BCUT2D eigenvalue weighted by Crippen LogP contribution is 2.26. The molecule has 1 saturated heterocycles. The highest BCUT2D eigenvalue weighted by Gasteiger charge is 2.39. The van der Waals surface area contributed by atoms with Gasteiger partial charge in [0.15, 0.2) is 0 Å². The molecule has 7 nitrogen and oxygen atoms in total.